The number of hydrogen-bond donors (Lipinski definition) is 0. The third-order valence-electron chi connectivity index (χ3n) is 7.65. The maximum absolute atomic E-state index is 13.5. The largest absolute Gasteiger partial charge is 0.465 e. The second kappa shape index (κ2) is 7.17. The fraction of sp³-hybridized carbons (Fsp3) is 0.792. The highest BCUT2D eigenvalue weighted by atomic mass is 16.5. The lowest BCUT2D eigenvalue weighted by atomic mass is 9.50. The standard InChI is InChI=1S/C24H38O2/c1-16(2)15-26-22(25)24-14-13-23(6)12-11-18(5)7-8-20(23)21(24)10-9-19(24)17(3)4/h7-8,11,16-17,19-21H,9-10,12-15H2,1-6H3/t19-,20+,21+,23-,24+/m1/s1. The van der Waals surface area contributed by atoms with E-state index in [0.29, 0.717) is 36.2 Å². The van der Waals surface area contributed by atoms with E-state index in [9.17, 15) is 4.79 Å². The quantitative estimate of drug-likeness (QED) is 0.561. The molecule has 3 rings (SSSR count). The molecule has 2 nitrogen and oxygen atoms in total. The maximum Gasteiger partial charge on any atom is 0.312 e. The van der Waals surface area contributed by atoms with Crippen LogP contribution in [-0.4, -0.2) is 12.6 Å². The van der Waals surface area contributed by atoms with Gasteiger partial charge in [0.15, 0.2) is 0 Å². The van der Waals surface area contributed by atoms with Crippen molar-refractivity contribution < 1.29 is 9.53 Å². The molecule has 0 heterocycles. The second-order valence-electron chi connectivity index (χ2n) is 10.3. The van der Waals surface area contributed by atoms with Crippen molar-refractivity contribution in [3.05, 3.63) is 23.8 Å². The summed E-state index contributed by atoms with van der Waals surface area (Å²) in [5.41, 5.74) is 1.38. The lowest BCUT2D eigenvalue weighted by Crippen LogP contribution is -2.52. The number of rotatable bonds is 4. The fourth-order valence-corrected chi connectivity index (χ4v) is 6.20. The molecular formula is C24H38O2. The summed E-state index contributed by atoms with van der Waals surface area (Å²) in [5.74, 6) is 2.42. The van der Waals surface area contributed by atoms with Crippen molar-refractivity contribution in [2.75, 3.05) is 6.61 Å². The van der Waals surface area contributed by atoms with Gasteiger partial charge in [-0.15, -0.1) is 0 Å². The van der Waals surface area contributed by atoms with Crippen LogP contribution in [0.1, 0.15) is 73.6 Å². The first kappa shape index (κ1) is 19.7. The van der Waals surface area contributed by atoms with Crippen LogP contribution >= 0.6 is 0 Å². The summed E-state index contributed by atoms with van der Waals surface area (Å²) in [6.07, 6.45) is 12.7. The first-order chi connectivity index (χ1) is 12.2. The molecule has 2 saturated carbocycles. The van der Waals surface area contributed by atoms with E-state index < -0.39 is 0 Å². The van der Waals surface area contributed by atoms with Gasteiger partial charge in [0.1, 0.15) is 0 Å². The van der Waals surface area contributed by atoms with Crippen LogP contribution in [0.2, 0.25) is 0 Å². The molecule has 0 N–H and O–H groups in total. The molecule has 0 aromatic carbocycles. The van der Waals surface area contributed by atoms with Crippen LogP contribution in [0.5, 0.6) is 0 Å². The molecule has 0 aromatic rings. The Bertz CT molecular complexity index is 599. The van der Waals surface area contributed by atoms with E-state index in [-0.39, 0.29) is 16.8 Å². The predicted molar refractivity (Wildman–Crippen MR) is 108 cm³/mol. The topological polar surface area (TPSA) is 26.3 Å². The summed E-state index contributed by atoms with van der Waals surface area (Å²) >= 11 is 0. The van der Waals surface area contributed by atoms with Crippen molar-refractivity contribution in [2.24, 2.45) is 40.4 Å². The van der Waals surface area contributed by atoms with Crippen LogP contribution < -0.4 is 0 Å². The number of hydrogen-bond acceptors (Lipinski definition) is 2. The van der Waals surface area contributed by atoms with Gasteiger partial charge in [0, 0.05) is 0 Å². The Balaban J connectivity index is 1.98. The van der Waals surface area contributed by atoms with E-state index in [1.165, 1.54) is 18.4 Å². The summed E-state index contributed by atoms with van der Waals surface area (Å²) in [6, 6.07) is 0. The molecule has 0 spiro atoms. The van der Waals surface area contributed by atoms with E-state index >= 15 is 0 Å². The molecule has 0 radical (unpaired) electrons. The molecule has 0 bridgehead atoms. The molecule has 0 aliphatic heterocycles. The molecule has 3 aliphatic carbocycles. The SMILES string of the molecule is CC1=CC[C@]2(C)CC[C@]3(C(=O)OCC(C)C)[C@@H](C(C)C)CC[C@H]3[C@@H]2C=C1. The van der Waals surface area contributed by atoms with E-state index in [1.807, 2.05) is 0 Å². The highest BCUT2D eigenvalue weighted by Gasteiger charge is 2.63. The molecule has 26 heavy (non-hydrogen) atoms. The summed E-state index contributed by atoms with van der Waals surface area (Å²) in [6.45, 7) is 14.0. The van der Waals surface area contributed by atoms with Crippen LogP contribution in [-0.2, 0) is 9.53 Å². The predicted octanol–water partition coefficient (Wildman–Crippen LogP) is 6.18. The van der Waals surface area contributed by atoms with Crippen LogP contribution in [0.3, 0.4) is 0 Å². The molecule has 0 unspecified atom stereocenters. The van der Waals surface area contributed by atoms with Crippen molar-refractivity contribution in [1.82, 2.24) is 0 Å². The van der Waals surface area contributed by atoms with E-state index in [4.69, 9.17) is 4.74 Å². The van der Waals surface area contributed by atoms with Gasteiger partial charge >= 0.3 is 5.97 Å². The molecule has 2 fully saturated rings. The summed E-state index contributed by atoms with van der Waals surface area (Å²) in [4.78, 5) is 13.5. The lowest BCUT2D eigenvalue weighted by Gasteiger charge is -2.53. The van der Waals surface area contributed by atoms with Crippen LogP contribution in [0.4, 0.5) is 0 Å². The molecule has 0 saturated heterocycles. The Kier molecular flexibility index (Phi) is 5.43. The summed E-state index contributed by atoms with van der Waals surface area (Å²) in [5, 5.41) is 0. The Hall–Kier alpha value is -1.05. The van der Waals surface area contributed by atoms with E-state index in [2.05, 4.69) is 59.8 Å². The zero-order valence-electron chi connectivity index (χ0n) is 17.7. The van der Waals surface area contributed by atoms with Gasteiger partial charge in [-0.1, -0.05) is 58.4 Å². The Morgan fingerprint density at radius 3 is 2.62 bits per heavy atom. The van der Waals surface area contributed by atoms with E-state index in [0.717, 1.165) is 19.3 Å². The van der Waals surface area contributed by atoms with Crippen LogP contribution in [0.15, 0.2) is 23.8 Å². The van der Waals surface area contributed by atoms with Crippen LogP contribution in [0.25, 0.3) is 0 Å². The third kappa shape index (κ3) is 3.18. The van der Waals surface area contributed by atoms with Crippen molar-refractivity contribution in [3.8, 4) is 0 Å². The molecule has 5 atom stereocenters. The van der Waals surface area contributed by atoms with E-state index in [1.54, 1.807) is 0 Å². The zero-order chi connectivity index (χ0) is 19.1. The molecule has 146 valence electrons. The molecular weight excluding hydrogens is 320 g/mol. The molecule has 3 aliphatic rings. The van der Waals surface area contributed by atoms with Gasteiger partial charge in [0.2, 0.25) is 0 Å². The van der Waals surface area contributed by atoms with Crippen molar-refractivity contribution in [2.45, 2.75) is 73.6 Å². The molecule has 0 amide bonds. The number of ether oxygens (including phenoxy) is 1. The number of fused-ring (bicyclic) bond motifs is 3. The highest BCUT2D eigenvalue weighted by Crippen LogP contribution is 2.65. The monoisotopic (exact) mass is 358 g/mol. The van der Waals surface area contributed by atoms with Gasteiger partial charge in [-0.25, -0.2) is 0 Å². The average molecular weight is 359 g/mol. The minimum absolute atomic E-state index is 0.108. The van der Waals surface area contributed by atoms with Crippen molar-refractivity contribution in [1.29, 1.82) is 0 Å². The minimum atomic E-state index is -0.268. The minimum Gasteiger partial charge on any atom is -0.465 e. The Morgan fingerprint density at radius 1 is 1.23 bits per heavy atom. The van der Waals surface area contributed by atoms with Crippen molar-refractivity contribution in [3.63, 3.8) is 0 Å². The van der Waals surface area contributed by atoms with Gasteiger partial charge in [0.25, 0.3) is 0 Å². The molecule has 2 heteroatoms. The van der Waals surface area contributed by atoms with Gasteiger partial charge in [-0.2, -0.15) is 0 Å². The Labute approximate surface area is 160 Å². The van der Waals surface area contributed by atoms with Crippen molar-refractivity contribution >= 4 is 5.97 Å². The normalized spacial score (nSPS) is 39.4. The number of carbonyl (C=O) groups excluding carboxylic acids is 1. The number of allylic oxidation sites excluding steroid dienone is 4. The number of esters is 1. The molecule has 0 aromatic heterocycles. The summed E-state index contributed by atoms with van der Waals surface area (Å²) < 4.78 is 5.92. The van der Waals surface area contributed by atoms with Gasteiger partial charge < -0.3 is 4.74 Å². The van der Waals surface area contributed by atoms with Gasteiger partial charge in [0.05, 0.1) is 12.0 Å². The fourth-order valence-electron chi connectivity index (χ4n) is 6.20. The Morgan fingerprint density at radius 2 is 1.96 bits per heavy atom. The summed E-state index contributed by atoms with van der Waals surface area (Å²) in [7, 11) is 0. The zero-order valence-corrected chi connectivity index (χ0v) is 17.7. The third-order valence-corrected chi connectivity index (χ3v) is 7.65. The van der Waals surface area contributed by atoms with Crippen LogP contribution in [0, 0.1) is 40.4 Å². The number of carbonyl (C=O) groups is 1. The maximum atomic E-state index is 13.5. The second-order valence-corrected chi connectivity index (χ2v) is 10.3. The first-order valence-corrected chi connectivity index (χ1v) is 10.7. The lowest BCUT2D eigenvalue weighted by molar-refractivity contribution is -0.172. The smallest absolute Gasteiger partial charge is 0.312 e. The van der Waals surface area contributed by atoms with Gasteiger partial charge in [-0.05, 0) is 74.0 Å². The average Bonchev–Trinajstić information content (AvgIpc) is 2.90. The van der Waals surface area contributed by atoms with Gasteiger partial charge in [-0.3, -0.25) is 4.79 Å². The first-order valence-electron chi connectivity index (χ1n) is 10.7. The highest BCUT2D eigenvalue weighted by molar-refractivity contribution is 5.78.